The van der Waals surface area contributed by atoms with E-state index >= 15 is 0 Å². The summed E-state index contributed by atoms with van der Waals surface area (Å²) in [6, 6.07) is 13.0. The molecule has 0 aliphatic carbocycles. The van der Waals surface area contributed by atoms with Crippen molar-refractivity contribution in [3.05, 3.63) is 59.7 Å². The predicted octanol–water partition coefficient (Wildman–Crippen LogP) is 3.57. The smallest absolute Gasteiger partial charge is 0.416 e. The topological polar surface area (TPSA) is 35.9 Å². The van der Waals surface area contributed by atoms with Gasteiger partial charge in [-0.15, -0.1) is 0 Å². The Morgan fingerprint density at radius 1 is 1.04 bits per heavy atom. The third-order valence-corrected chi connectivity index (χ3v) is 4.85. The van der Waals surface area contributed by atoms with Gasteiger partial charge in [0.2, 0.25) is 0 Å². The number of aliphatic hydroxyl groups excluding tert-OH is 1. The van der Waals surface area contributed by atoms with E-state index in [1.54, 1.807) is 7.11 Å². The molecule has 1 atom stereocenters. The summed E-state index contributed by atoms with van der Waals surface area (Å²) in [4.78, 5) is 4.20. The van der Waals surface area contributed by atoms with Gasteiger partial charge in [-0.2, -0.15) is 13.2 Å². The minimum atomic E-state index is -4.47. The molecule has 1 fully saturated rings. The summed E-state index contributed by atoms with van der Waals surface area (Å²) in [5, 5.41) is 10.4. The molecule has 2 aromatic carbocycles. The maximum atomic E-state index is 13.1. The van der Waals surface area contributed by atoms with Crippen LogP contribution in [0.3, 0.4) is 0 Å². The fourth-order valence-electron chi connectivity index (χ4n) is 3.38. The number of hydrogen-bond acceptors (Lipinski definition) is 4. The second kappa shape index (κ2) is 8.19. The predicted molar refractivity (Wildman–Crippen MR) is 98.1 cm³/mol. The van der Waals surface area contributed by atoms with Gasteiger partial charge in [0.15, 0.2) is 0 Å². The number of aliphatic hydroxyl groups is 1. The Hall–Kier alpha value is -2.25. The Labute approximate surface area is 156 Å². The third kappa shape index (κ3) is 4.73. The van der Waals surface area contributed by atoms with E-state index in [1.165, 1.54) is 18.2 Å². The first-order valence-corrected chi connectivity index (χ1v) is 8.84. The van der Waals surface area contributed by atoms with Crippen molar-refractivity contribution < 1.29 is 23.0 Å². The van der Waals surface area contributed by atoms with Gasteiger partial charge in [-0.1, -0.05) is 24.3 Å². The second-order valence-electron chi connectivity index (χ2n) is 6.59. The minimum Gasteiger partial charge on any atom is -0.497 e. The third-order valence-electron chi connectivity index (χ3n) is 4.85. The minimum absolute atomic E-state index is 0.0692. The highest BCUT2D eigenvalue weighted by Crippen LogP contribution is 2.34. The molecule has 0 saturated carbocycles. The summed E-state index contributed by atoms with van der Waals surface area (Å²) in [6.45, 7) is 2.99. The number of piperazine rings is 1. The largest absolute Gasteiger partial charge is 0.497 e. The van der Waals surface area contributed by atoms with Gasteiger partial charge in [-0.3, -0.25) is 4.90 Å². The fraction of sp³-hybridized carbons (Fsp3) is 0.400. The van der Waals surface area contributed by atoms with Crippen LogP contribution in [0.15, 0.2) is 48.5 Å². The van der Waals surface area contributed by atoms with Crippen LogP contribution in [0, 0.1) is 0 Å². The van der Waals surface area contributed by atoms with E-state index in [2.05, 4.69) is 4.90 Å². The van der Waals surface area contributed by atoms with Crippen molar-refractivity contribution in [2.45, 2.75) is 12.3 Å². The first kappa shape index (κ1) is 19.5. The molecule has 1 unspecified atom stereocenters. The Kier molecular flexibility index (Phi) is 5.92. The first-order chi connectivity index (χ1) is 12.9. The second-order valence-corrected chi connectivity index (χ2v) is 6.59. The van der Waals surface area contributed by atoms with Crippen LogP contribution in [0.5, 0.6) is 5.75 Å². The molecule has 1 N–H and O–H groups in total. The molecule has 146 valence electrons. The SMILES string of the molecule is COc1cccc(N2CCN(CC(O)c3ccccc3C(F)(F)F)CC2)c1. The molecule has 27 heavy (non-hydrogen) atoms. The summed E-state index contributed by atoms with van der Waals surface area (Å²) < 4.78 is 44.7. The van der Waals surface area contributed by atoms with Crippen LogP contribution >= 0.6 is 0 Å². The molecule has 4 nitrogen and oxygen atoms in total. The first-order valence-electron chi connectivity index (χ1n) is 8.84. The summed E-state index contributed by atoms with van der Waals surface area (Å²) in [6.07, 6.45) is -5.64. The van der Waals surface area contributed by atoms with Crippen LogP contribution in [0.4, 0.5) is 18.9 Å². The zero-order valence-electron chi connectivity index (χ0n) is 15.1. The molecule has 0 aromatic heterocycles. The number of halogens is 3. The van der Waals surface area contributed by atoms with Crippen LogP contribution in [0.2, 0.25) is 0 Å². The van der Waals surface area contributed by atoms with Gasteiger partial charge in [-0.05, 0) is 23.8 Å². The number of nitrogens with zero attached hydrogens (tertiary/aromatic N) is 2. The van der Waals surface area contributed by atoms with Gasteiger partial charge in [-0.25, -0.2) is 0 Å². The normalized spacial score (nSPS) is 17.0. The van der Waals surface area contributed by atoms with Crippen LogP contribution in [-0.2, 0) is 6.18 Å². The van der Waals surface area contributed by atoms with Gasteiger partial charge in [0, 0.05) is 44.5 Å². The van der Waals surface area contributed by atoms with Crippen molar-refractivity contribution in [2.24, 2.45) is 0 Å². The lowest BCUT2D eigenvalue weighted by Gasteiger charge is -2.37. The molecule has 1 heterocycles. The highest BCUT2D eigenvalue weighted by Gasteiger charge is 2.35. The lowest BCUT2D eigenvalue weighted by atomic mass is 10.0. The molecule has 1 aliphatic heterocycles. The van der Waals surface area contributed by atoms with E-state index in [4.69, 9.17) is 4.74 Å². The van der Waals surface area contributed by atoms with Gasteiger partial charge < -0.3 is 14.7 Å². The average molecular weight is 380 g/mol. The van der Waals surface area contributed by atoms with E-state index in [9.17, 15) is 18.3 Å². The number of β-amino-alcohol motifs (C(OH)–C–C–N with tert-alkyl or cyclic N) is 1. The molecule has 0 amide bonds. The summed E-state index contributed by atoms with van der Waals surface area (Å²) >= 11 is 0. The number of alkyl halides is 3. The maximum Gasteiger partial charge on any atom is 0.416 e. The Morgan fingerprint density at radius 2 is 1.74 bits per heavy atom. The van der Waals surface area contributed by atoms with Crippen LogP contribution in [-0.4, -0.2) is 49.8 Å². The molecular weight excluding hydrogens is 357 g/mol. The summed E-state index contributed by atoms with van der Waals surface area (Å²) in [7, 11) is 1.62. The molecule has 7 heteroatoms. The molecular formula is C20H23F3N2O2. The molecule has 2 aromatic rings. The number of ether oxygens (including phenoxy) is 1. The van der Waals surface area contributed by atoms with E-state index < -0.39 is 17.8 Å². The molecule has 0 spiro atoms. The standard InChI is InChI=1S/C20H23F3N2O2/c1-27-16-6-4-5-15(13-16)25-11-9-24(10-12-25)14-19(26)17-7-2-3-8-18(17)20(21,22)23/h2-8,13,19,26H,9-12,14H2,1H3. The Morgan fingerprint density at radius 3 is 2.41 bits per heavy atom. The van der Waals surface area contributed by atoms with Crippen molar-refractivity contribution in [2.75, 3.05) is 44.7 Å². The Bertz CT molecular complexity index is 759. The van der Waals surface area contributed by atoms with Gasteiger partial charge in [0.1, 0.15) is 5.75 Å². The summed E-state index contributed by atoms with van der Waals surface area (Å²) in [5.74, 6) is 0.786. The van der Waals surface area contributed by atoms with Crippen molar-refractivity contribution in [1.29, 1.82) is 0 Å². The number of benzene rings is 2. The van der Waals surface area contributed by atoms with E-state index in [0.717, 1.165) is 30.6 Å². The lowest BCUT2D eigenvalue weighted by Crippen LogP contribution is -2.47. The molecule has 0 radical (unpaired) electrons. The lowest BCUT2D eigenvalue weighted by molar-refractivity contribution is -0.139. The van der Waals surface area contributed by atoms with Crippen molar-refractivity contribution >= 4 is 5.69 Å². The number of anilines is 1. The Balaban J connectivity index is 1.61. The van der Waals surface area contributed by atoms with Crippen molar-refractivity contribution in [3.8, 4) is 5.75 Å². The van der Waals surface area contributed by atoms with Gasteiger partial charge in [0.25, 0.3) is 0 Å². The number of hydrogen-bond donors (Lipinski definition) is 1. The number of rotatable bonds is 5. The molecule has 0 bridgehead atoms. The van der Waals surface area contributed by atoms with E-state index in [-0.39, 0.29) is 12.1 Å². The van der Waals surface area contributed by atoms with Crippen LogP contribution in [0.25, 0.3) is 0 Å². The fourth-order valence-corrected chi connectivity index (χ4v) is 3.38. The highest BCUT2D eigenvalue weighted by atomic mass is 19.4. The monoisotopic (exact) mass is 380 g/mol. The van der Waals surface area contributed by atoms with Gasteiger partial charge in [0.05, 0.1) is 18.8 Å². The zero-order chi connectivity index (χ0) is 19.4. The highest BCUT2D eigenvalue weighted by molar-refractivity contribution is 5.51. The summed E-state index contributed by atoms with van der Waals surface area (Å²) in [5.41, 5.74) is 0.213. The van der Waals surface area contributed by atoms with Crippen molar-refractivity contribution in [1.82, 2.24) is 4.90 Å². The van der Waals surface area contributed by atoms with Crippen molar-refractivity contribution in [3.63, 3.8) is 0 Å². The number of methoxy groups -OCH3 is 1. The quantitative estimate of drug-likeness (QED) is 0.860. The zero-order valence-corrected chi connectivity index (χ0v) is 15.1. The average Bonchev–Trinajstić information content (AvgIpc) is 2.68. The van der Waals surface area contributed by atoms with E-state index in [0.29, 0.717) is 13.1 Å². The molecule has 1 aliphatic rings. The van der Waals surface area contributed by atoms with Gasteiger partial charge >= 0.3 is 6.18 Å². The van der Waals surface area contributed by atoms with Crippen LogP contribution < -0.4 is 9.64 Å². The van der Waals surface area contributed by atoms with Crippen LogP contribution in [0.1, 0.15) is 17.2 Å². The maximum absolute atomic E-state index is 13.1. The molecule has 3 rings (SSSR count). The molecule has 1 saturated heterocycles. The van der Waals surface area contributed by atoms with E-state index in [1.807, 2.05) is 29.2 Å².